The Morgan fingerprint density at radius 2 is 2.00 bits per heavy atom. The molecule has 0 heterocycles. The van der Waals surface area contributed by atoms with Crippen LogP contribution in [0.25, 0.3) is 0 Å². The molecule has 0 spiro atoms. The first-order valence-electron chi connectivity index (χ1n) is 8.50. The molecule has 2 fully saturated rings. The molecule has 2 unspecified atom stereocenters. The molecule has 0 aliphatic heterocycles. The minimum absolute atomic E-state index is 0.776. The number of benzene rings is 1. The first kappa shape index (κ1) is 14.1. The predicted molar refractivity (Wildman–Crippen MR) is 86.1 cm³/mol. The summed E-state index contributed by atoms with van der Waals surface area (Å²) in [7, 11) is 0. The van der Waals surface area contributed by atoms with Crippen LogP contribution in [0.3, 0.4) is 0 Å². The van der Waals surface area contributed by atoms with Crippen molar-refractivity contribution in [3.63, 3.8) is 0 Å². The third-order valence-electron chi connectivity index (χ3n) is 5.39. The minimum atomic E-state index is 0.776. The highest BCUT2D eigenvalue weighted by atomic mass is 14.9. The zero-order chi connectivity index (χ0) is 13.9. The van der Waals surface area contributed by atoms with E-state index in [0.717, 1.165) is 23.8 Å². The number of hydrogen-bond donors (Lipinski definition) is 1. The van der Waals surface area contributed by atoms with E-state index in [4.69, 9.17) is 0 Å². The van der Waals surface area contributed by atoms with Crippen LogP contribution in [0.5, 0.6) is 0 Å². The first-order valence-corrected chi connectivity index (χ1v) is 8.50. The van der Waals surface area contributed by atoms with Crippen LogP contribution in [0.4, 0.5) is 0 Å². The summed E-state index contributed by atoms with van der Waals surface area (Å²) in [6.45, 7) is 5.88. The van der Waals surface area contributed by atoms with Crippen molar-refractivity contribution < 1.29 is 0 Å². The van der Waals surface area contributed by atoms with Gasteiger partial charge in [-0.2, -0.15) is 0 Å². The Kier molecular flexibility index (Phi) is 4.45. The van der Waals surface area contributed by atoms with Gasteiger partial charge in [0.15, 0.2) is 0 Å². The Balaban J connectivity index is 1.40. The van der Waals surface area contributed by atoms with Gasteiger partial charge in [0.05, 0.1) is 0 Å². The average molecular weight is 271 g/mol. The highest BCUT2D eigenvalue weighted by Crippen LogP contribution is 2.37. The molecular formula is C19H29N. The molecule has 1 nitrogen and oxygen atoms in total. The normalized spacial score (nSPS) is 33.7. The lowest BCUT2D eigenvalue weighted by Crippen LogP contribution is -2.42. The lowest BCUT2D eigenvalue weighted by atomic mass is 9.75. The van der Waals surface area contributed by atoms with E-state index in [9.17, 15) is 0 Å². The summed E-state index contributed by atoms with van der Waals surface area (Å²) in [6.07, 6.45) is 8.48. The summed E-state index contributed by atoms with van der Waals surface area (Å²) >= 11 is 0. The second-order valence-corrected chi connectivity index (χ2v) is 7.33. The predicted octanol–water partition coefficient (Wildman–Crippen LogP) is 4.66. The van der Waals surface area contributed by atoms with Gasteiger partial charge in [0, 0.05) is 6.04 Å². The highest BCUT2D eigenvalue weighted by molar-refractivity contribution is 5.27. The van der Waals surface area contributed by atoms with E-state index in [1.54, 1.807) is 5.56 Å². The third kappa shape index (κ3) is 3.44. The maximum Gasteiger partial charge on any atom is 0.00788 e. The molecule has 1 aromatic rings. The monoisotopic (exact) mass is 271 g/mol. The van der Waals surface area contributed by atoms with Crippen molar-refractivity contribution in [2.24, 2.45) is 11.8 Å². The Labute approximate surface area is 124 Å². The molecule has 20 heavy (non-hydrogen) atoms. The fraction of sp³-hybridized carbons (Fsp3) is 0.684. The third-order valence-corrected chi connectivity index (χ3v) is 5.39. The van der Waals surface area contributed by atoms with Gasteiger partial charge in [0.25, 0.3) is 0 Å². The number of hydrogen-bond acceptors (Lipinski definition) is 1. The van der Waals surface area contributed by atoms with E-state index in [2.05, 4.69) is 43.4 Å². The maximum atomic E-state index is 3.82. The molecular weight excluding hydrogens is 242 g/mol. The van der Waals surface area contributed by atoms with Crippen molar-refractivity contribution >= 4 is 0 Å². The van der Waals surface area contributed by atoms with Crippen LogP contribution in [-0.4, -0.2) is 12.6 Å². The number of rotatable bonds is 4. The van der Waals surface area contributed by atoms with Crippen molar-refractivity contribution in [3.05, 3.63) is 35.4 Å². The summed E-state index contributed by atoms with van der Waals surface area (Å²) in [5.41, 5.74) is 2.95. The molecule has 2 aliphatic carbocycles. The van der Waals surface area contributed by atoms with E-state index < -0.39 is 0 Å². The van der Waals surface area contributed by atoms with Crippen LogP contribution in [0.15, 0.2) is 24.3 Å². The summed E-state index contributed by atoms with van der Waals surface area (Å²) in [5, 5.41) is 3.82. The molecule has 2 atom stereocenters. The number of aryl methyl sites for hydroxylation is 1. The fourth-order valence-corrected chi connectivity index (χ4v) is 4.06. The standard InChI is InChI=1S/C19H29N/c1-14-5-3-7-16(9-14)13-20-19-11-18(12-19)17-8-4-6-15(2)10-17/h4,6,8,10,14,16,18-20H,3,5,7,9,11-13H2,1-2H3. The van der Waals surface area contributed by atoms with Crippen LogP contribution >= 0.6 is 0 Å². The minimum Gasteiger partial charge on any atom is -0.314 e. The van der Waals surface area contributed by atoms with Crippen LogP contribution in [0.1, 0.15) is 62.5 Å². The van der Waals surface area contributed by atoms with E-state index >= 15 is 0 Å². The second-order valence-electron chi connectivity index (χ2n) is 7.33. The van der Waals surface area contributed by atoms with Crippen molar-refractivity contribution in [3.8, 4) is 0 Å². The van der Waals surface area contributed by atoms with E-state index in [1.807, 2.05) is 0 Å². The van der Waals surface area contributed by atoms with Gasteiger partial charge >= 0.3 is 0 Å². The van der Waals surface area contributed by atoms with Gasteiger partial charge in [0.1, 0.15) is 0 Å². The molecule has 1 heteroatoms. The second kappa shape index (κ2) is 6.30. The van der Waals surface area contributed by atoms with Crippen LogP contribution in [-0.2, 0) is 0 Å². The number of nitrogens with one attached hydrogen (secondary N) is 1. The lowest BCUT2D eigenvalue weighted by Gasteiger charge is -2.38. The van der Waals surface area contributed by atoms with Gasteiger partial charge in [-0.05, 0) is 62.5 Å². The molecule has 0 aromatic heterocycles. The Morgan fingerprint density at radius 1 is 1.15 bits per heavy atom. The summed E-state index contributed by atoms with van der Waals surface area (Å²) in [6, 6.07) is 9.84. The first-order chi connectivity index (χ1) is 9.70. The Bertz CT molecular complexity index is 433. The molecule has 1 N–H and O–H groups in total. The lowest BCUT2D eigenvalue weighted by molar-refractivity contribution is 0.232. The molecule has 3 rings (SSSR count). The summed E-state index contributed by atoms with van der Waals surface area (Å²) in [4.78, 5) is 0. The summed E-state index contributed by atoms with van der Waals surface area (Å²) < 4.78 is 0. The average Bonchev–Trinajstić information content (AvgIpc) is 2.37. The van der Waals surface area contributed by atoms with Crippen LogP contribution in [0.2, 0.25) is 0 Å². The van der Waals surface area contributed by atoms with Gasteiger partial charge in [-0.15, -0.1) is 0 Å². The van der Waals surface area contributed by atoms with Crippen molar-refractivity contribution in [2.45, 2.75) is 64.3 Å². The topological polar surface area (TPSA) is 12.0 Å². The Hall–Kier alpha value is -0.820. The Morgan fingerprint density at radius 3 is 2.75 bits per heavy atom. The molecule has 2 aliphatic rings. The highest BCUT2D eigenvalue weighted by Gasteiger charge is 2.30. The molecule has 0 amide bonds. The SMILES string of the molecule is Cc1cccc(C2CC(NCC3CCCC(C)C3)C2)c1. The van der Waals surface area contributed by atoms with Crippen molar-refractivity contribution in [1.82, 2.24) is 5.32 Å². The fourth-order valence-electron chi connectivity index (χ4n) is 4.06. The smallest absolute Gasteiger partial charge is 0.00788 e. The molecule has 0 radical (unpaired) electrons. The summed E-state index contributed by atoms with van der Waals surface area (Å²) in [5.74, 6) is 2.70. The molecule has 2 saturated carbocycles. The zero-order valence-electron chi connectivity index (χ0n) is 13.1. The molecule has 0 bridgehead atoms. The zero-order valence-corrected chi connectivity index (χ0v) is 13.1. The van der Waals surface area contributed by atoms with E-state index in [-0.39, 0.29) is 0 Å². The van der Waals surface area contributed by atoms with Crippen molar-refractivity contribution in [2.75, 3.05) is 6.54 Å². The molecule has 0 saturated heterocycles. The van der Waals surface area contributed by atoms with Gasteiger partial charge in [0.2, 0.25) is 0 Å². The van der Waals surface area contributed by atoms with Crippen LogP contribution < -0.4 is 5.32 Å². The van der Waals surface area contributed by atoms with Gasteiger partial charge in [-0.3, -0.25) is 0 Å². The molecule has 1 aromatic carbocycles. The largest absolute Gasteiger partial charge is 0.314 e. The quantitative estimate of drug-likeness (QED) is 0.840. The van der Waals surface area contributed by atoms with Crippen LogP contribution in [0, 0.1) is 18.8 Å². The molecule has 110 valence electrons. The van der Waals surface area contributed by atoms with Crippen molar-refractivity contribution in [1.29, 1.82) is 0 Å². The van der Waals surface area contributed by atoms with E-state index in [1.165, 1.54) is 50.6 Å². The van der Waals surface area contributed by atoms with Gasteiger partial charge in [-0.25, -0.2) is 0 Å². The maximum absolute atomic E-state index is 3.82. The van der Waals surface area contributed by atoms with E-state index in [0.29, 0.717) is 0 Å². The van der Waals surface area contributed by atoms with Gasteiger partial charge in [-0.1, -0.05) is 49.6 Å². The van der Waals surface area contributed by atoms with Gasteiger partial charge < -0.3 is 5.32 Å².